The minimum Gasteiger partial charge on any atom is -0.766 e. The lowest BCUT2D eigenvalue weighted by atomic mass is 10.2. The van der Waals surface area contributed by atoms with Crippen molar-refractivity contribution in [2.24, 2.45) is 0 Å². The van der Waals surface area contributed by atoms with Gasteiger partial charge in [0.1, 0.15) is 0 Å². The molecule has 6 heteroatoms. The molecule has 0 aliphatic carbocycles. The molecule has 0 aliphatic rings. The summed E-state index contributed by atoms with van der Waals surface area (Å²) < 4.78 is 3.02. The highest BCUT2D eigenvalue weighted by Crippen LogP contribution is 2.20. The molecule has 2 rings (SSSR count). The van der Waals surface area contributed by atoms with Gasteiger partial charge < -0.3 is 12.6 Å². The molecule has 2 aromatic rings. The molecule has 116 valence electrons. The summed E-state index contributed by atoms with van der Waals surface area (Å²) in [6, 6.07) is 13.1. The molecule has 0 saturated carbocycles. The molecule has 1 heterocycles. The van der Waals surface area contributed by atoms with Crippen LogP contribution in [0.1, 0.15) is 15.9 Å². The van der Waals surface area contributed by atoms with E-state index in [4.69, 9.17) is 12.6 Å². The zero-order valence-electron chi connectivity index (χ0n) is 12.3. The van der Waals surface area contributed by atoms with Crippen LogP contribution in [0, 0.1) is 18.3 Å². The lowest BCUT2D eigenvalue weighted by Gasteiger charge is -2.10. The van der Waals surface area contributed by atoms with Gasteiger partial charge in [-0.3, -0.25) is 4.79 Å². The van der Waals surface area contributed by atoms with Gasteiger partial charge in [-0.25, -0.2) is 0 Å². The smallest absolute Gasteiger partial charge is 0.275 e. The second-order valence-electron chi connectivity index (χ2n) is 4.76. The fourth-order valence-corrected chi connectivity index (χ4v) is 3.17. The van der Waals surface area contributed by atoms with E-state index >= 15 is 0 Å². The number of benzene rings is 1. The van der Waals surface area contributed by atoms with Crippen LogP contribution in [0.2, 0.25) is 0 Å². The van der Waals surface area contributed by atoms with E-state index in [0.717, 1.165) is 10.0 Å². The Labute approximate surface area is 153 Å². The van der Waals surface area contributed by atoms with Gasteiger partial charge >= 0.3 is 0 Å². The normalized spacial score (nSPS) is 11.5. The van der Waals surface area contributed by atoms with Crippen molar-refractivity contribution in [2.75, 3.05) is 5.75 Å². The highest BCUT2D eigenvalue weighted by atomic mass is 79.9. The van der Waals surface area contributed by atoms with Crippen LogP contribution in [0.4, 0.5) is 0 Å². The largest absolute Gasteiger partial charge is 0.766 e. The number of ketones is 1. The number of aromatic nitrogens is 1. The van der Waals surface area contributed by atoms with Gasteiger partial charge in [-0.2, -0.15) is 9.83 Å². The Bertz CT molecular complexity index is 795. The number of hydrogen-bond acceptors (Lipinski definition) is 4. The van der Waals surface area contributed by atoms with Crippen molar-refractivity contribution in [3.8, 4) is 6.07 Å². The standard InChI is InChI=1S/C17H13BrN2OS2/c1-12-3-2-8-20(10-12)15(9-19)17(22)23-11-16(21)13-4-6-14(18)7-5-13/h2-8,10H,11H2,1H3. The van der Waals surface area contributed by atoms with E-state index in [0.29, 0.717) is 15.5 Å². The SMILES string of the molecule is Cc1ccc[n+](C(C#N)=C([S-])SCC(=O)c2ccc(Br)cc2)c1. The Kier molecular flexibility index (Phi) is 6.34. The molecule has 1 aromatic heterocycles. The van der Waals surface area contributed by atoms with Crippen molar-refractivity contribution < 1.29 is 9.36 Å². The molecule has 3 nitrogen and oxygen atoms in total. The van der Waals surface area contributed by atoms with Crippen LogP contribution in [0.25, 0.3) is 5.70 Å². The molecule has 0 atom stereocenters. The highest BCUT2D eigenvalue weighted by molar-refractivity contribution is 9.10. The molecule has 1 aromatic carbocycles. The van der Waals surface area contributed by atoms with E-state index in [9.17, 15) is 10.1 Å². The third kappa shape index (κ3) is 4.90. The second-order valence-corrected chi connectivity index (χ2v) is 7.32. The van der Waals surface area contributed by atoms with Crippen LogP contribution in [-0.2, 0) is 12.6 Å². The minimum atomic E-state index is -0.0172. The van der Waals surface area contributed by atoms with Crippen LogP contribution < -0.4 is 4.57 Å². The number of aryl methyl sites for hydroxylation is 1. The number of thioether (sulfide) groups is 1. The van der Waals surface area contributed by atoms with Crippen LogP contribution in [0.3, 0.4) is 0 Å². The quantitative estimate of drug-likeness (QED) is 0.328. The number of pyridine rings is 1. The summed E-state index contributed by atoms with van der Waals surface area (Å²) in [7, 11) is 0. The summed E-state index contributed by atoms with van der Waals surface area (Å²) >= 11 is 9.86. The highest BCUT2D eigenvalue weighted by Gasteiger charge is 2.12. The zero-order chi connectivity index (χ0) is 16.8. The van der Waals surface area contributed by atoms with Crippen LogP contribution in [0.5, 0.6) is 0 Å². The molecule has 0 aliphatic heterocycles. The first-order chi connectivity index (χ1) is 11.0. The van der Waals surface area contributed by atoms with E-state index in [1.165, 1.54) is 11.8 Å². The van der Waals surface area contributed by atoms with E-state index in [1.807, 2.05) is 37.4 Å². The predicted octanol–water partition coefficient (Wildman–Crippen LogP) is 3.86. The maximum Gasteiger partial charge on any atom is 0.275 e. The number of rotatable bonds is 5. The Morgan fingerprint density at radius 2 is 2.04 bits per heavy atom. The van der Waals surface area contributed by atoms with Gasteiger partial charge in [0.15, 0.2) is 24.2 Å². The average molecular weight is 405 g/mol. The number of allylic oxidation sites excluding steroid dienone is 1. The molecular formula is C17H13BrN2OS2. The number of nitriles is 1. The van der Waals surface area contributed by atoms with Crippen molar-refractivity contribution in [3.63, 3.8) is 0 Å². The lowest BCUT2D eigenvalue weighted by molar-refractivity contribution is -0.578. The van der Waals surface area contributed by atoms with Gasteiger partial charge in [-0.15, -0.1) is 11.8 Å². The first kappa shape index (κ1) is 17.7. The maximum atomic E-state index is 12.2. The molecule has 0 unspecified atom stereocenters. The Balaban J connectivity index is 2.13. The summed E-state index contributed by atoms with van der Waals surface area (Å²) in [5, 5.41) is 9.35. The Morgan fingerprint density at radius 3 is 2.65 bits per heavy atom. The van der Waals surface area contributed by atoms with Crippen LogP contribution in [0.15, 0.2) is 57.5 Å². The topological polar surface area (TPSA) is 44.7 Å². The summed E-state index contributed by atoms with van der Waals surface area (Å²) in [6.07, 6.45) is 3.61. The summed E-state index contributed by atoms with van der Waals surface area (Å²) in [4.78, 5) is 12.2. The number of carbonyl (C=O) groups excluding carboxylic acids is 1. The van der Waals surface area contributed by atoms with Gasteiger partial charge in [-0.05, 0) is 25.1 Å². The number of nitrogens with zero attached hydrogens (tertiary/aromatic N) is 2. The van der Waals surface area contributed by atoms with Crippen LogP contribution >= 0.6 is 27.7 Å². The molecule has 23 heavy (non-hydrogen) atoms. The molecule has 0 bridgehead atoms. The molecule has 0 saturated heterocycles. The summed E-state index contributed by atoms with van der Waals surface area (Å²) in [6.45, 7) is 1.94. The fourth-order valence-electron chi connectivity index (χ4n) is 1.86. The van der Waals surface area contributed by atoms with E-state index in [-0.39, 0.29) is 11.5 Å². The Morgan fingerprint density at radius 1 is 1.35 bits per heavy atom. The summed E-state index contributed by atoms with van der Waals surface area (Å²) in [5.41, 5.74) is 2.02. The third-order valence-corrected chi connectivity index (χ3v) is 4.94. The number of hydrogen-bond donors (Lipinski definition) is 0. The van der Waals surface area contributed by atoms with Crippen molar-refractivity contribution >= 4 is 51.8 Å². The van der Waals surface area contributed by atoms with Crippen LogP contribution in [-0.4, -0.2) is 11.5 Å². The summed E-state index contributed by atoms with van der Waals surface area (Å²) in [5.74, 6) is 0.189. The van der Waals surface area contributed by atoms with Crippen molar-refractivity contribution in [3.05, 3.63) is 68.6 Å². The number of Topliss-reactive ketones (excluding diaryl/α,β-unsaturated/α-hetero) is 1. The first-order valence-corrected chi connectivity index (χ1v) is 8.91. The predicted molar refractivity (Wildman–Crippen MR) is 98.5 cm³/mol. The van der Waals surface area contributed by atoms with Gasteiger partial charge in [0.2, 0.25) is 0 Å². The molecular weight excluding hydrogens is 392 g/mol. The van der Waals surface area contributed by atoms with Gasteiger partial charge in [0, 0.05) is 21.7 Å². The van der Waals surface area contributed by atoms with E-state index in [1.54, 1.807) is 22.9 Å². The molecule has 0 N–H and O–H groups in total. The minimum absolute atomic E-state index is 0.0172. The number of halogens is 1. The maximum absolute atomic E-state index is 12.2. The van der Waals surface area contributed by atoms with E-state index in [2.05, 4.69) is 22.0 Å². The third-order valence-electron chi connectivity index (χ3n) is 3.01. The zero-order valence-corrected chi connectivity index (χ0v) is 15.5. The monoisotopic (exact) mass is 404 g/mol. The fraction of sp³-hybridized carbons (Fsp3) is 0.118. The molecule has 0 amide bonds. The van der Waals surface area contributed by atoms with Crippen molar-refractivity contribution in [2.45, 2.75) is 6.92 Å². The second kappa shape index (κ2) is 8.25. The van der Waals surface area contributed by atoms with Crippen molar-refractivity contribution in [1.29, 1.82) is 5.26 Å². The molecule has 0 fully saturated rings. The Hall–Kier alpha value is -1.68. The van der Waals surface area contributed by atoms with Gasteiger partial charge in [0.25, 0.3) is 5.70 Å². The van der Waals surface area contributed by atoms with E-state index < -0.39 is 0 Å². The van der Waals surface area contributed by atoms with Gasteiger partial charge in [-0.1, -0.05) is 32.3 Å². The lowest BCUT2D eigenvalue weighted by Crippen LogP contribution is -2.31. The number of carbonyl (C=O) groups is 1. The van der Waals surface area contributed by atoms with Crippen molar-refractivity contribution in [1.82, 2.24) is 0 Å². The average Bonchev–Trinajstić information content (AvgIpc) is 2.54. The first-order valence-electron chi connectivity index (χ1n) is 6.72. The molecule has 0 radical (unpaired) electrons. The van der Waals surface area contributed by atoms with Gasteiger partial charge in [0.05, 0.1) is 5.75 Å². The molecule has 0 spiro atoms.